The number of benzene rings is 1. The van der Waals surface area contributed by atoms with Crippen molar-refractivity contribution in [2.24, 2.45) is 5.92 Å². The van der Waals surface area contributed by atoms with Crippen LogP contribution in [0.25, 0.3) is 0 Å². The van der Waals surface area contributed by atoms with Gasteiger partial charge in [-0.25, -0.2) is 9.37 Å². The maximum absolute atomic E-state index is 13.1. The Hall–Kier alpha value is -1.99. The van der Waals surface area contributed by atoms with E-state index in [0.717, 1.165) is 5.56 Å². The standard InChI is InChI=1S/C18H16FNOS/c19-15-9-7-14(8-10-15)18(21)16-12-20-17(22-16)11-6-13-4-2-1-3-5-13/h1-5,12,14-15H,7-10H2. The molecule has 3 rings (SSSR count). The molecule has 1 saturated carbocycles. The monoisotopic (exact) mass is 313 g/mol. The second-order valence-corrected chi connectivity index (χ2v) is 6.49. The highest BCUT2D eigenvalue weighted by molar-refractivity contribution is 7.14. The first kappa shape index (κ1) is 14.9. The number of halogens is 1. The first-order valence-electron chi connectivity index (χ1n) is 7.43. The van der Waals surface area contributed by atoms with Crippen molar-refractivity contribution in [1.29, 1.82) is 0 Å². The van der Waals surface area contributed by atoms with Crippen molar-refractivity contribution in [1.82, 2.24) is 4.98 Å². The van der Waals surface area contributed by atoms with E-state index in [2.05, 4.69) is 16.8 Å². The molecule has 0 unspecified atom stereocenters. The van der Waals surface area contributed by atoms with Crippen molar-refractivity contribution in [2.45, 2.75) is 31.9 Å². The molecule has 0 N–H and O–H groups in total. The van der Waals surface area contributed by atoms with Crippen LogP contribution in [0.15, 0.2) is 36.5 Å². The van der Waals surface area contributed by atoms with Crippen molar-refractivity contribution in [2.75, 3.05) is 0 Å². The molecule has 1 heterocycles. The van der Waals surface area contributed by atoms with Gasteiger partial charge in [-0.05, 0) is 43.7 Å². The van der Waals surface area contributed by atoms with E-state index in [1.165, 1.54) is 11.3 Å². The first-order chi connectivity index (χ1) is 10.7. The maximum atomic E-state index is 13.1. The third-order valence-electron chi connectivity index (χ3n) is 3.86. The molecule has 1 aromatic carbocycles. The van der Waals surface area contributed by atoms with Crippen molar-refractivity contribution < 1.29 is 9.18 Å². The average molecular weight is 313 g/mol. The summed E-state index contributed by atoms with van der Waals surface area (Å²) < 4.78 is 13.1. The van der Waals surface area contributed by atoms with Crippen molar-refractivity contribution in [3.63, 3.8) is 0 Å². The van der Waals surface area contributed by atoms with Crippen LogP contribution in [0.3, 0.4) is 0 Å². The SMILES string of the molecule is O=C(c1cnc(C#Cc2ccccc2)s1)C1CCC(F)CC1. The minimum absolute atomic E-state index is 0.0533. The third-order valence-corrected chi connectivity index (χ3v) is 4.79. The van der Waals surface area contributed by atoms with E-state index in [9.17, 15) is 9.18 Å². The number of aromatic nitrogens is 1. The normalized spacial score (nSPS) is 21.0. The molecule has 1 aliphatic rings. The lowest BCUT2D eigenvalue weighted by atomic mass is 9.85. The molecule has 0 amide bonds. The van der Waals surface area contributed by atoms with E-state index in [-0.39, 0.29) is 11.7 Å². The lowest BCUT2D eigenvalue weighted by Gasteiger charge is -2.22. The fraction of sp³-hybridized carbons (Fsp3) is 0.333. The van der Waals surface area contributed by atoms with E-state index in [1.807, 2.05) is 30.3 Å². The number of carbonyl (C=O) groups excluding carboxylic acids is 1. The lowest BCUT2D eigenvalue weighted by Crippen LogP contribution is -2.21. The molecule has 0 spiro atoms. The van der Waals surface area contributed by atoms with Gasteiger partial charge < -0.3 is 0 Å². The molecule has 0 atom stereocenters. The van der Waals surface area contributed by atoms with Gasteiger partial charge >= 0.3 is 0 Å². The van der Waals surface area contributed by atoms with Gasteiger partial charge in [0, 0.05) is 11.5 Å². The van der Waals surface area contributed by atoms with Crippen LogP contribution >= 0.6 is 11.3 Å². The molecule has 0 saturated heterocycles. The van der Waals surface area contributed by atoms with Crippen LogP contribution in [0.4, 0.5) is 4.39 Å². The van der Waals surface area contributed by atoms with Crippen molar-refractivity contribution in [3.05, 3.63) is 52.0 Å². The zero-order valence-electron chi connectivity index (χ0n) is 12.1. The first-order valence-corrected chi connectivity index (χ1v) is 8.25. The number of carbonyl (C=O) groups is 1. The van der Waals surface area contributed by atoms with Crippen LogP contribution < -0.4 is 0 Å². The van der Waals surface area contributed by atoms with Gasteiger partial charge in [-0.1, -0.05) is 24.1 Å². The Labute approximate surface area is 133 Å². The number of alkyl halides is 1. The number of ketones is 1. The molecule has 1 aliphatic carbocycles. The molecule has 4 heteroatoms. The van der Waals surface area contributed by atoms with Crippen LogP contribution in [0.2, 0.25) is 0 Å². The van der Waals surface area contributed by atoms with Gasteiger partial charge in [0.15, 0.2) is 10.8 Å². The zero-order valence-corrected chi connectivity index (χ0v) is 12.9. The number of Topliss-reactive ketones (excluding diaryl/α,β-unsaturated/α-hetero) is 1. The van der Waals surface area contributed by atoms with E-state index in [4.69, 9.17) is 0 Å². The summed E-state index contributed by atoms with van der Waals surface area (Å²) in [5, 5.41) is 0.645. The number of hydrogen-bond acceptors (Lipinski definition) is 3. The van der Waals surface area contributed by atoms with Crippen molar-refractivity contribution in [3.8, 4) is 11.8 Å². The van der Waals surface area contributed by atoms with Gasteiger partial charge in [0.1, 0.15) is 6.17 Å². The quantitative estimate of drug-likeness (QED) is 0.613. The summed E-state index contributed by atoms with van der Waals surface area (Å²) in [5.74, 6) is 6.07. The molecule has 0 bridgehead atoms. The molecule has 1 aromatic heterocycles. The Balaban J connectivity index is 1.69. The van der Waals surface area contributed by atoms with Crippen LogP contribution in [0.1, 0.15) is 45.9 Å². The summed E-state index contributed by atoms with van der Waals surface area (Å²) in [6, 6.07) is 9.67. The van der Waals surface area contributed by atoms with E-state index < -0.39 is 6.17 Å². The average Bonchev–Trinajstić information content (AvgIpc) is 3.03. The highest BCUT2D eigenvalue weighted by Gasteiger charge is 2.27. The van der Waals surface area contributed by atoms with Crippen LogP contribution in [0, 0.1) is 17.8 Å². The Morgan fingerprint density at radius 1 is 1.14 bits per heavy atom. The zero-order chi connectivity index (χ0) is 15.4. The molecule has 2 nitrogen and oxygen atoms in total. The summed E-state index contributed by atoms with van der Waals surface area (Å²) in [4.78, 5) is 17.2. The van der Waals surface area contributed by atoms with Gasteiger partial charge in [0.05, 0.1) is 11.1 Å². The van der Waals surface area contributed by atoms with Crippen LogP contribution in [0.5, 0.6) is 0 Å². The Bertz CT molecular complexity index is 705. The minimum atomic E-state index is -0.738. The Morgan fingerprint density at radius 3 is 2.59 bits per heavy atom. The molecular formula is C18H16FNOS. The number of nitrogens with zero attached hydrogens (tertiary/aromatic N) is 1. The summed E-state index contributed by atoms with van der Waals surface area (Å²) in [5.41, 5.74) is 0.923. The predicted octanol–water partition coefficient (Wildman–Crippen LogP) is 4.25. The summed E-state index contributed by atoms with van der Waals surface area (Å²) >= 11 is 1.33. The van der Waals surface area contributed by atoms with Gasteiger partial charge in [-0.15, -0.1) is 11.3 Å². The molecule has 0 radical (unpaired) electrons. The topological polar surface area (TPSA) is 30.0 Å². The maximum Gasteiger partial charge on any atom is 0.177 e. The molecule has 0 aliphatic heterocycles. The van der Waals surface area contributed by atoms with Gasteiger partial charge in [-0.3, -0.25) is 4.79 Å². The van der Waals surface area contributed by atoms with Crippen LogP contribution in [-0.2, 0) is 0 Å². The molecule has 112 valence electrons. The van der Waals surface area contributed by atoms with Gasteiger partial charge in [-0.2, -0.15) is 0 Å². The number of rotatable bonds is 2. The Morgan fingerprint density at radius 2 is 1.86 bits per heavy atom. The second-order valence-electron chi connectivity index (χ2n) is 5.46. The highest BCUT2D eigenvalue weighted by Crippen LogP contribution is 2.30. The Kier molecular flexibility index (Phi) is 4.65. The fourth-order valence-electron chi connectivity index (χ4n) is 2.61. The molecular weight excluding hydrogens is 297 g/mol. The smallest absolute Gasteiger partial charge is 0.177 e. The summed E-state index contributed by atoms with van der Waals surface area (Å²) in [7, 11) is 0. The largest absolute Gasteiger partial charge is 0.293 e. The number of thiazole rings is 1. The van der Waals surface area contributed by atoms with Crippen molar-refractivity contribution >= 4 is 17.1 Å². The minimum Gasteiger partial charge on any atom is -0.293 e. The van der Waals surface area contributed by atoms with Gasteiger partial charge in [0.25, 0.3) is 0 Å². The lowest BCUT2D eigenvalue weighted by molar-refractivity contribution is 0.0862. The predicted molar refractivity (Wildman–Crippen MR) is 85.7 cm³/mol. The number of hydrogen-bond donors (Lipinski definition) is 0. The van der Waals surface area contributed by atoms with Crippen LogP contribution in [-0.4, -0.2) is 16.9 Å². The summed E-state index contributed by atoms with van der Waals surface area (Å²) in [6.07, 6.45) is 3.14. The summed E-state index contributed by atoms with van der Waals surface area (Å²) in [6.45, 7) is 0. The third kappa shape index (κ3) is 3.61. The van der Waals surface area contributed by atoms with Gasteiger partial charge in [0.2, 0.25) is 0 Å². The van der Waals surface area contributed by atoms with E-state index >= 15 is 0 Å². The molecule has 22 heavy (non-hydrogen) atoms. The fourth-order valence-corrected chi connectivity index (χ4v) is 3.40. The van der Waals surface area contributed by atoms with E-state index in [0.29, 0.717) is 35.6 Å². The van der Waals surface area contributed by atoms with E-state index in [1.54, 1.807) is 6.20 Å². The highest BCUT2D eigenvalue weighted by atomic mass is 32.1. The molecule has 1 fully saturated rings. The second kappa shape index (κ2) is 6.85. The molecule has 2 aromatic rings.